The van der Waals surface area contributed by atoms with Crippen LogP contribution in [0.4, 0.5) is 13.2 Å². The van der Waals surface area contributed by atoms with Crippen LogP contribution in [-0.4, -0.2) is 16.1 Å². The number of nitrogens with zero attached hydrogens (tertiary/aromatic N) is 2. The standard InChI is InChI=1S/C11H14F3N3/c1-2-3-8-7-5-15-6-9(7)17-10(16-8)4-11(12,13)14/h15H,2-6H2,1H3. The lowest BCUT2D eigenvalue weighted by atomic mass is 10.1. The Bertz CT molecular complexity index is 415. The van der Waals surface area contributed by atoms with Crippen molar-refractivity contribution in [3.8, 4) is 0 Å². The Morgan fingerprint density at radius 2 is 2.00 bits per heavy atom. The highest BCUT2D eigenvalue weighted by atomic mass is 19.4. The van der Waals surface area contributed by atoms with E-state index in [-0.39, 0.29) is 5.82 Å². The highest BCUT2D eigenvalue weighted by Crippen LogP contribution is 2.23. The lowest BCUT2D eigenvalue weighted by molar-refractivity contribution is -0.128. The fourth-order valence-electron chi connectivity index (χ4n) is 2.00. The second kappa shape index (κ2) is 4.60. The van der Waals surface area contributed by atoms with Crippen molar-refractivity contribution in [2.24, 2.45) is 0 Å². The number of aromatic nitrogens is 2. The maximum Gasteiger partial charge on any atom is 0.396 e. The summed E-state index contributed by atoms with van der Waals surface area (Å²) in [4.78, 5) is 8.04. The van der Waals surface area contributed by atoms with Gasteiger partial charge in [0.05, 0.1) is 5.69 Å². The van der Waals surface area contributed by atoms with Crippen molar-refractivity contribution in [3.05, 3.63) is 22.8 Å². The first-order valence-corrected chi connectivity index (χ1v) is 5.64. The molecule has 3 nitrogen and oxygen atoms in total. The third kappa shape index (κ3) is 2.94. The number of alkyl halides is 3. The summed E-state index contributed by atoms with van der Waals surface area (Å²) in [5.74, 6) is -0.108. The highest BCUT2D eigenvalue weighted by Gasteiger charge is 2.30. The number of nitrogens with one attached hydrogen (secondary N) is 1. The van der Waals surface area contributed by atoms with Crippen molar-refractivity contribution in [1.82, 2.24) is 15.3 Å². The van der Waals surface area contributed by atoms with E-state index in [4.69, 9.17) is 0 Å². The van der Waals surface area contributed by atoms with Crippen molar-refractivity contribution >= 4 is 0 Å². The molecule has 0 unspecified atom stereocenters. The fraction of sp³-hybridized carbons (Fsp3) is 0.636. The molecule has 1 aromatic rings. The molecule has 0 saturated heterocycles. The molecule has 0 spiro atoms. The van der Waals surface area contributed by atoms with Gasteiger partial charge >= 0.3 is 6.18 Å². The van der Waals surface area contributed by atoms with Crippen LogP contribution in [0, 0.1) is 0 Å². The molecule has 0 bridgehead atoms. The van der Waals surface area contributed by atoms with E-state index >= 15 is 0 Å². The lowest BCUT2D eigenvalue weighted by Crippen LogP contribution is -2.16. The second-order valence-corrected chi connectivity index (χ2v) is 4.16. The van der Waals surface area contributed by atoms with E-state index in [0.717, 1.165) is 23.4 Å². The van der Waals surface area contributed by atoms with E-state index in [1.54, 1.807) is 0 Å². The first-order valence-electron chi connectivity index (χ1n) is 5.64. The molecule has 17 heavy (non-hydrogen) atoms. The highest BCUT2D eigenvalue weighted by molar-refractivity contribution is 5.29. The van der Waals surface area contributed by atoms with Gasteiger partial charge in [-0.1, -0.05) is 13.3 Å². The van der Waals surface area contributed by atoms with Crippen LogP contribution in [0.1, 0.15) is 36.1 Å². The minimum atomic E-state index is -4.25. The van der Waals surface area contributed by atoms with Crippen molar-refractivity contribution in [2.75, 3.05) is 0 Å². The Kier molecular flexibility index (Phi) is 3.33. The third-order valence-corrected chi connectivity index (χ3v) is 2.66. The Balaban J connectivity index is 2.32. The zero-order chi connectivity index (χ0) is 12.5. The zero-order valence-corrected chi connectivity index (χ0v) is 9.56. The third-order valence-electron chi connectivity index (χ3n) is 2.66. The molecule has 0 aliphatic carbocycles. The van der Waals surface area contributed by atoms with Gasteiger partial charge in [0.2, 0.25) is 0 Å². The average Bonchev–Trinajstić information content (AvgIpc) is 2.63. The Morgan fingerprint density at radius 3 is 2.65 bits per heavy atom. The number of halogens is 3. The van der Waals surface area contributed by atoms with Crippen molar-refractivity contribution in [2.45, 2.75) is 45.5 Å². The zero-order valence-electron chi connectivity index (χ0n) is 9.56. The van der Waals surface area contributed by atoms with E-state index in [0.29, 0.717) is 19.5 Å². The monoisotopic (exact) mass is 245 g/mol. The minimum absolute atomic E-state index is 0.108. The molecule has 0 radical (unpaired) electrons. The first kappa shape index (κ1) is 12.3. The molecule has 6 heteroatoms. The quantitative estimate of drug-likeness (QED) is 0.886. The summed E-state index contributed by atoms with van der Waals surface area (Å²) in [5.41, 5.74) is 2.47. The molecular formula is C11H14F3N3. The van der Waals surface area contributed by atoms with Gasteiger partial charge < -0.3 is 5.32 Å². The molecule has 2 rings (SSSR count). The molecule has 94 valence electrons. The van der Waals surface area contributed by atoms with Gasteiger partial charge in [-0.05, 0) is 6.42 Å². The fourth-order valence-corrected chi connectivity index (χ4v) is 2.00. The molecule has 1 aliphatic rings. The predicted octanol–water partition coefficient (Wildman–Crippen LogP) is 2.14. The van der Waals surface area contributed by atoms with E-state index in [1.807, 2.05) is 6.92 Å². The topological polar surface area (TPSA) is 37.8 Å². The summed E-state index contributed by atoms with van der Waals surface area (Å²) in [7, 11) is 0. The van der Waals surface area contributed by atoms with Crippen LogP contribution >= 0.6 is 0 Å². The molecule has 1 N–H and O–H groups in total. The first-order chi connectivity index (χ1) is 7.99. The Hall–Kier alpha value is -1.17. The van der Waals surface area contributed by atoms with Crippen LogP contribution in [0.2, 0.25) is 0 Å². The summed E-state index contributed by atoms with van der Waals surface area (Å²) < 4.78 is 36.9. The maximum absolute atomic E-state index is 12.3. The van der Waals surface area contributed by atoms with Crippen LogP contribution in [0.25, 0.3) is 0 Å². The number of hydrogen-bond donors (Lipinski definition) is 1. The predicted molar refractivity (Wildman–Crippen MR) is 56.3 cm³/mol. The summed E-state index contributed by atoms with van der Waals surface area (Å²) >= 11 is 0. The van der Waals surface area contributed by atoms with E-state index < -0.39 is 12.6 Å². The smallest absolute Gasteiger partial charge is 0.307 e. The number of hydrogen-bond acceptors (Lipinski definition) is 3. The van der Waals surface area contributed by atoms with Crippen LogP contribution in [-0.2, 0) is 25.9 Å². The van der Waals surface area contributed by atoms with Gasteiger partial charge in [-0.2, -0.15) is 13.2 Å². The van der Waals surface area contributed by atoms with Gasteiger partial charge in [0, 0.05) is 24.3 Å². The lowest BCUT2D eigenvalue weighted by Gasteiger charge is -2.10. The van der Waals surface area contributed by atoms with E-state index in [2.05, 4.69) is 15.3 Å². The average molecular weight is 245 g/mol. The molecule has 0 fully saturated rings. The molecule has 0 saturated carbocycles. The molecule has 0 aromatic carbocycles. The summed E-state index contributed by atoms with van der Waals surface area (Å²) in [6.45, 7) is 3.19. The molecule has 0 atom stereocenters. The van der Waals surface area contributed by atoms with Crippen LogP contribution < -0.4 is 5.32 Å². The van der Waals surface area contributed by atoms with Crippen LogP contribution in [0.5, 0.6) is 0 Å². The summed E-state index contributed by atoms with van der Waals surface area (Å²) in [6.07, 6.45) is -3.72. The van der Waals surface area contributed by atoms with Crippen molar-refractivity contribution in [1.29, 1.82) is 0 Å². The summed E-state index contributed by atoms with van der Waals surface area (Å²) in [6, 6.07) is 0. The largest absolute Gasteiger partial charge is 0.396 e. The van der Waals surface area contributed by atoms with Gasteiger partial charge in [-0.25, -0.2) is 9.97 Å². The molecule has 0 amide bonds. The van der Waals surface area contributed by atoms with Gasteiger partial charge in [0.1, 0.15) is 12.2 Å². The van der Waals surface area contributed by atoms with E-state index in [9.17, 15) is 13.2 Å². The SMILES string of the molecule is CCCc1nc(CC(F)(F)F)nc2c1CNC2. The molecular weight excluding hydrogens is 231 g/mol. The molecule has 1 aliphatic heterocycles. The molecule has 1 aromatic heterocycles. The maximum atomic E-state index is 12.3. The Labute approximate surface area is 97.5 Å². The van der Waals surface area contributed by atoms with Gasteiger partial charge in [-0.3, -0.25) is 0 Å². The van der Waals surface area contributed by atoms with Crippen LogP contribution in [0.3, 0.4) is 0 Å². The minimum Gasteiger partial charge on any atom is -0.307 e. The number of aryl methyl sites for hydroxylation is 1. The Morgan fingerprint density at radius 1 is 1.24 bits per heavy atom. The van der Waals surface area contributed by atoms with E-state index in [1.165, 1.54) is 0 Å². The van der Waals surface area contributed by atoms with Gasteiger partial charge in [0.15, 0.2) is 0 Å². The molecule has 2 heterocycles. The van der Waals surface area contributed by atoms with Gasteiger partial charge in [0.25, 0.3) is 0 Å². The summed E-state index contributed by atoms with van der Waals surface area (Å²) in [5, 5.41) is 3.09. The second-order valence-electron chi connectivity index (χ2n) is 4.16. The number of rotatable bonds is 3. The van der Waals surface area contributed by atoms with Crippen LogP contribution in [0.15, 0.2) is 0 Å². The van der Waals surface area contributed by atoms with Gasteiger partial charge in [-0.15, -0.1) is 0 Å². The van der Waals surface area contributed by atoms with Crippen molar-refractivity contribution < 1.29 is 13.2 Å². The normalized spacial score (nSPS) is 15.1. The van der Waals surface area contributed by atoms with Crippen molar-refractivity contribution in [3.63, 3.8) is 0 Å². The number of fused-ring (bicyclic) bond motifs is 1.